The zero-order valence-electron chi connectivity index (χ0n) is 13.9. The quantitative estimate of drug-likeness (QED) is 0.766. The number of carbonyl (C=O) groups is 2. The number of hydrogen-bond donors (Lipinski definition) is 1. The molecule has 2 amide bonds. The largest absolute Gasteiger partial charge is 0.326 e. The molecular formula is C20H16ClN3O2. The van der Waals surface area contributed by atoms with E-state index in [0.29, 0.717) is 17.3 Å². The molecule has 5 nitrogen and oxygen atoms in total. The van der Waals surface area contributed by atoms with Gasteiger partial charge in [0.2, 0.25) is 11.8 Å². The van der Waals surface area contributed by atoms with Crippen LogP contribution >= 0.6 is 11.6 Å². The van der Waals surface area contributed by atoms with Crippen molar-refractivity contribution in [1.29, 1.82) is 0 Å². The number of halogens is 1. The lowest BCUT2D eigenvalue weighted by molar-refractivity contribution is -0.122. The van der Waals surface area contributed by atoms with E-state index in [0.717, 1.165) is 16.6 Å². The smallest absolute Gasteiger partial charge is 0.229 e. The number of rotatable bonds is 3. The Morgan fingerprint density at radius 3 is 2.69 bits per heavy atom. The van der Waals surface area contributed by atoms with E-state index in [1.165, 1.54) is 0 Å². The molecule has 4 rings (SSSR count). The zero-order chi connectivity index (χ0) is 18.1. The Balaban J connectivity index is 1.55. The summed E-state index contributed by atoms with van der Waals surface area (Å²) in [6, 6.07) is 16.4. The third kappa shape index (κ3) is 3.13. The first-order valence-electron chi connectivity index (χ1n) is 8.32. The lowest BCUT2D eigenvalue weighted by Crippen LogP contribution is -2.28. The Morgan fingerprint density at radius 1 is 1.12 bits per heavy atom. The molecule has 3 aromatic rings. The number of anilines is 2. The van der Waals surface area contributed by atoms with Gasteiger partial charge in [-0.25, -0.2) is 0 Å². The summed E-state index contributed by atoms with van der Waals surface area (Å²) in [5.41, 5.74) is 2.18. The van der Waals surface area contributed by atoms with Gasteiger partial charge in [-0.05, 0) is 36.4 Å². The Labute approximate surface area is 155 Å². The van der Waals surface area contributed by atoms with Gasteiger partial charge in [-0.1, -0.05) is 29.8 Å². The van der Waals surface area contributed by atoms with Crippen LogP contribution in [0.25, 0.3) is 10.9 Å². The average Bonchev–Trinajstić information content (AvgIpc) is 3.05. The van der Waals surface area contributed by atoms with Crippen LogP contribution in [0.3, 0.4) is 0 Å². The molecular weight excluding hydrogens is 350 g/mol. The molecule has 6 heteroatoms. The maximum atomic E-state index is 12.5. The molecule has 1 aliphatic heterocycles. The van der Waals surface area contributed by atoms with Crippen LogP contribution in [0.15, 0.2) is 60.8 Å². The molecule has 26 heavy (non-hydrogen) atoms. The highest BCUT2D eigenvalue weighted by Gasteiger charge is 2.35. The van der Waals surface area contributed by atoms with Crippen LogP contribution in [0, 0.1) is 5.92 Å². The first kappa shape index (κ1) is 16.5. The van der Waals surface area contributed by atoms with Gasteiger partial charge in [0, 0.05) is 35.3 Å². The van der Waals surface area contributed by atoms with Crippen LogP contribution in [-0.2, 0) is 9.59 Å². The molecule has 130 valence electrons. The number of benzene rings is 2. The number of hydrogen-bond acceptors (Lipinski definition) is 3. The van der Waals surface area contributed by atoms with E-state index in [2.05, 4.69) is 10.3 Å². The van der Waals surface area contributed by atoms with E-state index in [4.69, 9.17) is 11.6 Å². The van der Waals surface area contributed by atoms with Crippen LogP contribution in [-0.4, -0.2) is 23.3 Å². The normalized spacial score (nSPS) is 16.9. The Bertz CT molecular complexity index is 983. The molecule has 1 N–H and O–H groups in total. The van der Waals surface area contributed by atoms with Gasteiger partial charge in [0.25, 0.3) is 0 Å². The highest BCUT2D eigenvalue weighted by Crippen LogP contribution is 2.31. The minimum absolute atomic E-state index is 0.0700. The molecule has 1 atom stereocenters. The fraction of sp³-hybridized carbons (Fsp3) is 0.150. The summed E-state index contributed by atoms with van der Waals surface area (Å²) in [5, 5.41) is 4.42. The number of aromatic nitrogens is 1. The summed E-state index contributed by atoms with van der Waals surface area (Å²) in [5.74, 6) is -0.645. The predicted octanol–water partition coefficient (Wildman–Crippen LogP) is 3.88. The fourth-order valence-electron chi connectivity index (χ4n) is 3.20. The molecule has 1 fully saturated rings. The van der Waals surface area contributed by atoms with E-state index in [9.17, 15) is 9.59 Å². The summed E-state index contributed by atoms with van der Waals surface area (Å²) < 4.78 is 0. The summed E-state index contributed by atoms with van der Waals surface area (Å²) in [6.07, 6.45) is 1.89. The second kappa shape index (κ2) is 6.77. The van der Waals surface area contributed by atoms with Crippen molar-refractivity contribution in [3.05, 3.63) is 65.8 Å². The molecule has 2 heterocycles. The van der Waals surface area contributed by atoms with Crippen molar-refractivity contribution in [2.45, 2.75) is 6.42 Å². The third-order valence-corrected chi connectivity index (χ3v) is 4.76. The van der Waals surface area contributed by atoms with E-state index in [-0.39, 0.29) is 18.2 Å². The number of nitrogens with zero attached hydrogens (tertiary/aromatic N) is 2. The summed E-state index contributed by atoms with van der Waals surface area (Å²) >= 11 is 5.86. The van der Waals surface area contributed by atoms with Crippen LogP contribution in [0.5, 0.6) is 0 Å². The van der Waals surface area contributed by atoms with E-state index in [1.807, 2.05) is 30.3 Å². The van der Waals surface area contributed by atoms with Crippen molar-refractivity contribution in [2.75, 3.05) is 16.8 Å². The molecule has 1 aromatic heterocycles. The van der Waals surface area contributed by atoms with Gasteiger partial charge in [0.05, 0.1) is 17.1 Å². The monoisotopic (exact) mass is 365 g/mol. The number of carbonyl (C=O) groups excluding carboxylic acids is 2. The van der Waals surface area contributed by atoms with Crippen LogP contribution in [0.2, 0.25) is 5.02 Å². The second-order valence-corrected chi connectivity index (χ2v) is 6.69. The van der Waals surface area contributed by atoms with Gasteiger partial charge in [-0.3, -0.25) is 14.6 Å². The van der Waals surface area contributed by atoms with Crippen LogP contribution in [0.1, 0.15) is 6.42 Å². The molecule has 1 saturated heterocycles. The summed E-state index contributed by atoms with van der Waals surface area (Å²) in [6.45, 7) is 0.341. The van der Waals surface area contributed by atoms with Crippen molar-refractivity contribution < 1.29 is 9.59 Å². The Kier molecular flexibility index (Phi) is 4.31. The van der Waals surface area contributed by atoms with Gasteiger partial charge in [-0.15, -0.1) is 0 Å². The van der Waals surface area contributed by atoms with Gasteiger partial charge in [-0.2, -0.15) is 0 Å². The third-order valence-electron chi connectivity index (χ3n) is 4.51. The number of para-hydroxylation sites is 1. The maximum Gasteiger partial charge on any atom is 0.229 e. The summed E-state index contributed by atoms with van der Waals surface area (Å²) in [4.78, 5) is 31.1. The SMILES string of the molecule is O=C(Nc1ccc(Cl)cc1)C1CC(=O)N(c2cccc3cccnc23)C1. The number of fused-ring (bicyclic) bond motifs is 1. The summed E-state index contributed by atoms with van der Waals surface area (Å²) in [7, 11) is 0. The molecule has 0 spiro atoms. The van der Waals surface area contributed by atoms with Crippen molar-refractivity contribution >= 4 is 45.7 Å². The van der Waals surface area contributed by atoms with Crippen LogP contribution in [0.4, 0.5) is 11.4 Å². The van der Waals surface area contributed by atoms with Crippen molar-refractivity contribution in [3.63, 3.8) is 0 Å². The lowest BCUT2D eigenvalue weighted by Gasteiger charge is -2.18. The van der Waals surface area contributed by atoms with Gasteiger partial charge in [0.1, 0.15) is 0 Å². The standard InChI is InChI=1S/C20H16ClN3O2/c21-15-6-8-16(9-7-15)23-20(26)14-11-18(25)24(12-14)17-5-1-3-13-4-2-10-22-19(13)17/h1-10,14H,11-12H2,(H,23,26). The van der Waals surface area contributed by atoms with E-state index >= 15 is 0 Å². The minimum atomic E-state index is -0.405. The highest BCUT2D eigenvalue weighted by molar-refractivity contribution is 6.30. The lowest BCUT2D eigenvalue weighted by atomic mass is 10.1. The van der Waals surface area contributed by atoms with E-state index < -0.39 is 5.92 Å². The van der Waals surface area contributed by atoms with Gasteiger partial charge >= 0.3 is 0 Å². The number of amides is 2. The Morgan fingerprint density at radius 2 is 1.88 bits per heavy atom. The molecule has 1 aliphatic rings. The van der Waals surface area contributed by atoms with Crippen molar-refractivity contribution in [3.8, 4) is 0 Å². The van der Waals surface area contributed by atoms with Gasteiger partial charge in [0.15, 0.2) is 0 Å². The first-order valence-corrected chi connectivity index (χ1v) is 8.70. The second-order valence-electron chi connectivity index (χ2n) is 6.25. The fourth-order valence-corrected chi connectivity index (χ4v) is 3.33. The molecule has 0 saturated carbocycles. The maximum absolute atomic E-state index is 12.5. The molecule has 0 radical (unpaired) electrons. The topological polar surface area (TPSA) is 62.3 Å². The molecule has 2 aromatic carbocycles. The van der Waals surface area contributed by atoms with E-state index in [1.54, 1.807) is 35.4 Å². The molecule has 0 bridgehead atoms. The molecule has 1 unspecified atom stereocenters. The average molecular weight is 366 g/mol. The van der Waals surface area contributed by atoms with Gasteiger partial charge < -0.3 is 10.2 Å². The van der Waals surface area contributed by atoms with Crippen molar-refractivity contribution in [1.82, 2.24) is 4.98 Å². The number of nitrogens with one attached hydrogen (secondary N) is 1. The van der Waals surface area contributed by atoms with Crippen LogP contribution < -0.4 is 10.2 Å². The minimum Gasteiger partial charge on any atom is -0.326 e. The highest BCUT2D eigenvalue weighted by atomic mass is 35.5. The molecule has 0 aliphatic carbocycles. The predicted molar refractivity (Wildman–Crippen MR) is 102 cm³/mol. The zero-order valence-corrected chi connectivity index (χ0v) is 14.6. The number of pyridine rings is 1. The first-order chi connectivity index (χ1) is 12.6. The Hall–Kier alpha value is -2.92. The van der Waals surface area contributed by atoms with Crippen molar-refractivity contribution in [2.24, 2.45) is 5.92 Å².